The fraction of sp³-hybridized carbons (Fsp3) is 0.565. The van der Waals surface area contributed by atoms with Gasteiger partial charge in [0.05, 0.1) is 13.1 Å². The van der Waals surface area contributed by atoms with Crippen molar-refractivity contribution in [2.75, 3.05) is 45.8 Å². The van der Waals surface area contributed by atoms with Gasteiger partial charge in [0.25, 0.3) is 0 Å². The number of amides is 2. The molecular weight excluding hydrogens is 364 g/mol. The first-order valence-electron chi connectivity index (χ1n) is 10.7. The lowest BCUT2D eigenvalue weighted by atomic mass is 10.1. The van der Waals surface area contributed by atoms with Crippen molar-refractivity contribution in [2.45, 2.75) is 32.4 Å². The second-order valence-electron chi connectivity index (χ2n) is 8.23. The van der Waals surface area contributed by atoms with Crippen LogP contribution in [0.15, 0.2) is 43.0 Å². The summed E-state index contributed by atoms with van der Waals surface area (Å²) in [6.45, 7) is 11.1. The Bertz CT molecular complexity index is 681. The van der Waals surface area contributed by atoms with Crippen molar-refractivity contribution in [3.05, 3.63) is 48.6 Å². The summed E-state index contributed by atoms with van der Waals surface area (Å²) in [7, 11) is 0. The molecule has 6 heteroatoms. The number of hydrogen-bond donors (Lipinski definition) is 1. The quantitative estimate of drug-likeness (QED) is 0.610. The summed E-state index contributed by atoms with van der Waals surface area (Å²) >= 11 is 0. The molecule has 29 heavy (non-hydrogen) atoms. The number of hydrogen-bond acceptors (Lipinski definition) is 4. The Hall–Kier alpha value is -2.18. The molecule has 2 amide bonds. The SMILES string of the molecule is C=CCNC(=O)CN1CCN(CC(=O)N(Cc2ccccc2)[C@H](C)C2CC2)CC1. The molecule has 1 aromatic rings. The minimum Gasteiger partial charge on any atom is -0.352 e. The zero-order chi connectivity index (χ0) is 20.6. The van der Waals surface area contributed by atoms with Gasteiger partial charge < -0.3 is 10.2 Å². The second kappa shape index (κ2) is 10.6. The van der Waals surface area contributed by atoms with Gasteiger partial charge in [0.15, 0.2) is 0 Å². The van der Waals surface area contributed by atoms with Gasteiger partial charge in [-0.3, -0.25) is 19.4 Å². The highest BCUT2D eigenvalue weighted by Gasteiger charge is 2.35. The summed E-state index contributed by atoms with van der Waals surface area (Å²) in [6.07, 6.45) is 4.14. The van der Waals surface area contributed by atoms with Gasteiger partial charge in [-0.25, -0.2) is 0 Å². The van der Waals surface area contributed by atoms with Crippen LogP contribution in [-0.4, -0.2) is 78.4 Å². The van der Waals surface area contributed by atoms with E-state index in [9.17, 15) is 9.59 Å². The van der Waals surface area contributed by atoms with Crippen LogP contribution in [-0.2, 0) is 16.1 Å². The molecule has 158 valence electrons. The van der Waals surface area contributed by atoms with E-state index in [1.807, 2.05) is 18.2 Å². The third-order valence-electron chi connectivity index (χ3n) is 5.95. The molecule has 1 saturated carbocycles. The van der Waals surface area contributed by atoms with Crippen molar-refractivity contribution in [3.63, 3.8) is 0 Å². The van der Waals surface area contributed by atoms with E-state index >= 15 is 0 Å². The molecule has 0 spiro atoms. The Morgan fingerprint density at radius 2 is 1.76 bits per heavy atom. The maximum Gasteiger partial charge on any atom is 0.237 e. The van der Waals surface area contributed by atoms with Crippen LogP contribution < -0.4 is 5.32 Å². The van der Waals surface area contributed by atoms with Gasteiger partial charge in [0.1, 0.15) is 0 Å². The van der Waals surface area contributed by atoms with Crippen molar-refractivity contribution in [2.24, 2.45) is 5.92 Å². The smallest absolute Gasteiger partial charge is 0.237 e. The molecule has 2 fully saturated rings. The highest BCUT2D eigenvalue weighted by molar-refractivity contribution is 5.79. The van der Waals surface area contributed by atoms with Crippen LogP contribution in [0.3, 0.4) is 0 Å². The number of nitrogens with one attached hydrogen (secondary N) is 1. The van der Waals surface area contributed by atoms with Crippen LogP contribution >= 0.6 is 0 Å². The van der Waals surface area contributed by atoms with Crippen LogP contribution in [0.1, 0.15) is 25.3 Å². The molecule has 0 bridgehead atoms. The predicted molar refractivity (Wildman–Crippen MR) is 115 cm³/mol. The average Bonchev–Trinajstić information content (AvgIpc) is 3.57. The van der Waals surface area contributed by atoms with Crippen LogP contribution in [0.5, 0.6) is 0 Å². The van der Waals surface area contributed by atoms with Crippen molar-refractivity contribution in [1.29, 1.82) is 0 Å². The molecule has 0 aromatic heterocycles. The maximum absolute atomic E-state index is 13.2. The van der Waals surface area contributed by atoms with Gasteiger partial charge in [-0.1, -0.05) is 36.4 Å². The standard InChI is InChI=1S/C23H34N4O2/c1-3-11-24-22(28)17-25-12-14-26(15-13-25)18-23(29)27(19(2)21-9-10-21)16-20-7-5-4-6-8-20/h3-8,19,21H,1,9-18H2,2H3,(H,24,28)/t19-/m1/s1. The van der Waals surface area contributed by atoms with Crippen LogP contribution in [0.4, 0.5) is 0 Å². The number of carbonyl (C=O) groups is 2. The van der Waals surface area contributed by atoms with Crippen LogP contribution in [0.25, 0.3) is 0 Å². The minimum absolute atomic E-state index is 0.0294. The summed E-state index contributed by atoms with van der Waals surface area (Å²) in [6, 6.07) is 10.6. The van der Waals surface area contributed by atoms with E-state index in [0.717, 1.165) is 26.2 Å². The Labute approximate surface area is 174 Å². The third-order valence-corrected chi connectivity index (χ3v) is 5.95. The van der Waals surface area contributed by atoms with E-state index < -0.39 is 0 Å². The monoisotopic (exact) mass is 398 g/mol. The van der Waals surface area contributed by atoms with Gasteiger partial charge >= 0.3 is 0 Å². The largest absolute Gasteiger partial charge is 0.352 e. The summed E-state index contributed by atoms with van der Waals surface area (Å²) in [5, 5.41) is 2.82. The Morgan fingerprint density at radius 1 is 1.14 bits per heavy atom. The van der Waals surface area contributed by atoms with Gasteiger partial charge in [-0.05, 0) is 31.2 Å². The van der Waals surface area contributed by atoms with Gasteiger partial charge in [-0.2, -0.15) is 0 Å². The molecule has 1 heterocycles. The van der Waals surface area contributed by atoms with E-state index in [-0.39, 0.29) is 17.9 Å². The molecule has 1 aliphatic heterocycles. The second-order valence-corrected chi connectivity index (χ2v) is 8.23. The Kier molecular flexibility index (Phi) is 7.83. The first kappa shape index (κ1) is 21.5. The van der Waals surface area contributed by atoms with Crippen LogP contribution in [0, 0.1) is 5.92 Å². The fourth-order valence-corrected chi connectivity index (χ4v) is 3.91. The molecular formula is C23H34N4O2. The zero-order valence-corrected chi connectivity index (χ0v) is 17.6. The molecule has 1 saturated heterocycles. The third kappa shape index (κ3) is 6.68. The fourth-order valence-electron chi connectivity index (χ4n) is 3.91. The van der Waals surface area contributed by atoms with Crippen molar-refractivity contribution in [1.82, 2.24) is 20.0 Å². The molecule has 6 nitrogen and oxygen atoms in total. The normalized spacial score (nSPS) is 18.8. The highest BCUT2D eigenvalue weighted by Crippen LogP contribution is 2.35. The molecule has 3 rings (SSSR count). The summed E-state index contributed by atoms with van der Waals surface area (Å²) in [4.78, 5) is 31.5. The van der Waals surface area contributed by atoms with E-state index in [0.29, 0.717) is 32.1 Å². The number of rotatable bonds is 10. The zero-order valence-electron chi connectivity index (χ0n) is 17.6. The summed E-state index contributed by atoms with van der Waals surface area (Å²) in [5.41, 5.74) is 1.18. The van der Waals surface area contributed by atoms with E-state index in [2.05, 4.69) is 45.7 Å². The molecule has 1 aromatic carbocycles. The molecule has 1 atom stereocenters. The predicted octanol–water partition coefficient (Wildman–Crippen LogP) is 1.73. The first-order chi connectivity index (χ1) is 14.1. The lowest BCUT2D eigenvalue weighted by molar-refractivity contribution is -0.136. The van der Waals surface area contributed by atoms with Crippen molar-refractivity contribution >= 4 is 11.8 Å². The Morgan fingerprint density at radius 3 is 2.34 bits per heavy atom. The van der Waals surface area contributed by atoms with Gasteiger partial charge in [0, 0.05) is 45.3 Å². The summed E-state index contributed by atoms with van der Waals surface area (Å²) < 4.78 is 0. The number of nitrogens with zero attached hydrogens (tertiary/aromatic N) is 3. The molecule has 0 unspecified atom stereocenters. The highest BCUT2D eigenvalue weighted by atomic mass is 16.2. The van der Waals surface area contributed by atoms with E-state index in [1.165, 1.54) is 18.4 Å². The topological polar surface area (TPSA) is 55.9 Å². The number of carbonyl (C=O) groups excluding carboxylic acids is 2. The van der Waals surface area contributed by atoms with Crippen molar-refractivity contribution < 1.29 is 9.59 Å². The minimum atomic E-state index is 0.0294. The Balaban J connectivity index is 1.49. The molecule has 1 N–H and O–H groups in total. The van der Waals surface area contributed by atoms with E-state index in [4.69, 9.17) is 0 Å². The van der Waals surface area contributed by atoms with Gasteiger partial charge in [0.2, 0.25) is 11.8 Å². The lowest BCUT2D eigenvalue weighted by Crippen LogP contribution is -2.52. The first-order valence-corrected chi connectivity index (χ1v) is 10.7. The number of benzene rings is 1. The van der Waals surface area contributed by atoms with Crippen molar-refractivity contribution in [3.8, 4) is 0 Å². The lowest BCUT2D eigenvalue weighted by Gasteiger charge is -2.36. The maximum atomic E-state index is 13.2. The summed E-state index contributed by atoms with van der Waals surface area (Å²) in [5.74, 6) is 0.890. The number of piperazine rings is 1. The van der Waals surface area contributed by atoms with Crippen LogP contribution in [0.2, 0.25) is 0 Å². The molecule has 0 radical (unpaired) electrons. The average molecular weight is 399 g/mol. The van der Waals surface area contributed by atoms with Gasteiger partial charge in [-0.15, -0.1) is 6.58 Å². The molecule has 2 aliphatic rings. The molecule has 1 aliphatic carbocycles. The van der Waals surface area contributed by atoms with E-state index in [1.54, 1.807) is 6.08 Å².